The van der Waals surface area contributed by atoms with E-state index in [0.29, 0.717) is 40.7 Å². The highest BCUT2D eigenvalue weighted by Crippen LogP contribution is 2.32. The number of rotatable bonds is 4. The third kappa shape index (κ3) is 4.09. The summed E-state index contributed by atoms with van der Waals surface area (Å²) in [6.45, 7) is 10.7. The predicted octanol–water partition coefficient (Wildman–Crippen LogP) is 2.40. The van der Waals surface area contributed by atoms with Gasteiger partial charge in [0.15, 0.2) is 5.65 Å². The molecular formula is C23H27N9O. The van der Waals surface area contributed by atoms with Crippen LogP contribution in [0.3, 0.4) is 0 Å². The van der Waals surface area contributed by atoms with E-state index in [0.717, 1.165) is 36.5 Å². The molecule has 4 aromatic rings. The second kappa shape index (κ2) is 8.36. The van der Waals surface area contributed by atoms with Crippen molar-refractivity contribution in [2.45, 2.75) is 33.7 Å². The van der Waals surface area contributed by atoms with Crippen molar-refractivity contribution in [3.05, 3.63) is 42.1 Å². The van der Waals surface area contributed by atoms with Gasteiger partial charge in [0.2, 0.25) is 5.95 Å². The van der Waals surface area contributed by atoms with Crippen molar-refractivity contribution in [3.8, 4) is 28.3 Å². The lowest BCUT2D eigenvalue weighted by Crippen LogP contribution is -2.53. The van der Waals surface area contributed by atoms with Crippen LogP contribution in [0, 0.1) is 19.8 Å². The number of nitrogens with one attached hydrogen (secondary N) is 1. The second-order valence-corrected chi connectivity index (χ2v) is 8.76. The molecule has 2 N–H and O–H groups in total. The number of aromatic nitrogens is 7. The van der Waals surface area contributed by atoms with Gasteiger partial charge in [-0.3, -0.25) is 0 Å². The number of hydrogen-bond donors (Lipinski definition) is 2. The van der Waals surface area contributed by atoms with E-state index >= 15 is 0 Å². The molecule has 0 saturated carbocycles. The SMILES string of the molecule is Cc1nc2c(C)nc(-c3ccc(-c4cnc(N5CCN[C@@H](C(C)C)C5)nn4)c(O)c3)cn2n1. The summed E-state index contributed by atoms with van der Waals surface area (Å²) in [6.07, 6.45) is 3.47. The van der Waals surface area contributed by atoms with Crippen molar-refractivity contribution in [2.75, 3.05) is 24.5 Å². The van der Waals surface area contributed by atoms with Crippen molar-refractivity contribution < 1.29 is 5.11 Å². The van der Waals surface area contributed by atoms with Gasteiger partial charge in [0.05, 0.1) is 23.8 Å². The third-order valence-corrected chi connectivity index (χ3v) is 6.01. The smallest absolute Gasteiger partial charge is 0.245 e. The number of nitrogens with zero attached hydrogens (tertiary/aromatic N) is 8. The van der Waals surface area contributed by atoms with E-state index in [2.05, 4.69) is 54.3 Å². The molecule has 10 nitrogen and oxygen atoms in total. The van der Waals surface area contributed by atoms with Gasteiger partial charge >= 0.3 is 0 Å². The molecule has 0 spiro atoms. The minimum Gasteiger partial charge on any atom is -0.507 e. The van der Waals surface area contributed by atoms with Crippen LogP contribution in [-0.4, -0.2) is 65.5 Å². The molecule has 1 fully saturated rings. The van der Waals surface area contributed by atoms with Crippen LogP contribution in [0.1, 0.15) is 25.4 Å². The molecule has 170 valence electrons. The number of anilines is 1. The summed E-state index contributed by atoms with van der Waals surface area (Å²) in [7, 11) is 0. The van der Waals surface area contributed by atoms with E-state index in [1.807, 2.05) is 32.2 Å². The van der Waals surface area contributed by atoms with E-state index in [9.17, 15) is 5.11 Å². The van der Waals surface area contributed by atoms with E-state index in [1.165, 1.54) is 0 Å². The van der Waals surface area contributed by atoms with Gasteiger partial charge in [-0.05, 0) is 31.9 Å². The van der Waals surface area contributed by atoms with Crippen LogP contribution in [0.2, 0.25) is 0 Å². The summed E-state index contributed by atoms with van der Waals surface area (Å²) in [5, 5.41) is 27.3. The van der Waals surface area contributed by atoms with Crippen LogP contribution >= 0.6 is 0 Å². The van der Waals surface area contributed by atoms with Crippen LogP contribution < -0.4 is 10.2 Å². The Labute approximate surface area is 191 Å². The Kier molecular flexibility index (Phi) is 5.37. The summed E-state index contributed by atoms with van der Waals surface area (Å²) >= 11 is 0. The maximum absolute atomic E-state index is 10.7. The molecular weight excluding hydrogens is 418 g/mol. The Bertz CT molecular complexity index is 1300. The largest absolute Gasteiger partial charge is 0.507 e. The number of piperazine rings is 1. The van der Waals surface area contributed by atoms with Crippen molar-refractivity contribution in [1.29, 1.82) is 0 Å². The molecule has 1 aliphatic heterocycles. The zero-order valence-corrected chi connectivity index (χ0v) is 19.2. The van der Waals surface area contributed by atoms with Gasteiger partial charge in [0.1, 0.15) is 17.3 Å². The minimum atomic E-state index is 0.0905. The summed E-state index contributed by atoms with van der Waals surface area (Å²) in [6, 6.07) is 5.78. The normalized spacial score (nSPS) is 16.6. The van der Waals surface area contributed by atoms with Gasteiger partial charge in [-0.15, -0.1) is 10.2 Å². The Balaban J connectivity index is 1.40. The highest BCUT2D eigenvalue weighted by atomic mass is 16.3. The molecule has 5 rings (SSSR count). The fourth-order valence-electron chi connectivity index (χ4n) is 4.13. The number of aromatic hydroxyl groups is 1. The topological polar surface area (TPSA) is 117 Å². The molecule has 0 unspecified atom stereocenters. The minimum absolute atomic E-state index is 0.0905. The van der Waals surface area contributed by atoms with E-state index < -0.39 is 0 Å². The Morgan fingerprint density at radius 3 is 2.70 bits per heavy atom. The highest BCUT2D eigenvalue weighted by Gasteiger charge is 2.24. The molecule has 1 saturated heterocycles. The van der Waals surface area contributed by atoms with Gasteiger partial charge in [-0.1, -0.05) is 19.9 Å². The van der Waals surface area contributed by atoms with Crippen LogP contribution in [-0.2, 0) is 0 Å². The average molecular weight is 446 g/mol. The maximum atomic E-state index is 10.7. The number of fused-ring (bicyclic) bond motifs is 1. The first kappa shape index (κ1) is 21.2. The number of benzene rings is 1. The summed E-state index contributed by atoms with van der Waals surface area (Å²) in [4.78, 5) is 15.7. The first-order valence-electron chi connectivity index (χ1n) is 11.1. The molecule has 1 aromatic carbocycles. The summed E-state index contributed by atoms with van der Waals surface area (Å²) in [5.41, 5.74) is 4.06. The number of phenols is 1. The standard InChI is InChI=1S/C23H27N9O/c1-13(2)19-11-31(8-7-24-19)23-25-10-18(28-29-23)17-6-5-16(9-21(17)33)20-12-32-22(14(3)26-20)27-15(4)30-32/h5-6,9-10,12-13,19,24,33H,7-8,11H2,1-4H3/t19-/m1/s1. The Hall–Kier alpha value is -3.66. The highest BCUT2D eigenvalue weighted by molar-refractivity contribution is 5.72. The van der Waals surface area contributed by atoms with E-state index in [1.54, 1.807) is 16.8 Å². The van der Waals surface area contributed by atoms with Gasteiger partial charge < -0.3 is 15.3 Å². The molecule has 3 aromatic heterocycles. The molecule has 0 radical (unpaired) electrons. The van der Waals surface area contributed by atoms with Crippen molar-refractivity contribution >= 4 is 11.6 Å². The first-order chi connectivity index (χ1) is 15.9. The number of phenolic OH excluding ortho intramolecular Hbond substituents is 1. The molecule has 0 bridgehead atoms. The fraction of sp³-hybridized carbons (Fsp3) is 0.391. The fourth-order valence-corrected chi connectivity index (χ4v) is 4.13. The van der Waals surface area contributed by atoms with Crippen molar-refractivity contribution in [1.82, 2.24) is 40.1 Å². The molecule has 10 heteroatoms. The molecule has 0 aliphatic carbocycles. The first-order valence-corrected chi connectivity index (χ1v) is 11.1. The Morgan fingerprint density at radius 1 is 1.12 bits per heavy atom. The lowest BCUT2D eigenvalue weighted by atomic mass is 10.0. The lowest BCUT2D eigenvalue weighted by Gasteiger charge is -2.35. The molecule has 0 amide bonds. The molecule has 4 heterocycles. The molecule has 33 heavy (non-hydrogen) atoms. The van der Waals surface area contributed by atoms with Gasteiger partial charge in [-0.25, -0.2) is 19.5 Å². The number of aryl methyl sites for hydroxylation is 2. The predicted molar refractivity (Wildman–Crippen MR) is 125 cm³/mol. The van der Waals surface area contributed by atoms with Crippen LogP contribution in [0.15, 0.2) is 30.6 Å². The summed E-state index contributed by atoms with van der Waals surface area (Å²) < 4.78 is 1.71. The average Bonchev–Trinajstić information content (AvgIpc) is 3.20. The van der Waals surface area contributed by atoms with Gasteiger partial charge in [0.25, 0.3) is 0 Å². The van der Waals surface area contributed by atoms with Crippen molar-refractivity contribution in [2.24, 2.45) is 5.92 Å². The maximum Gasteiger partial charge on any atom is 0.245 e. The number of hydrogen-bond acceptors (Lipinski definition) is 9. The van der Waals surface area contributed by atoms with Gasteiger partial charge in [-0.2, -0.15) is 5.10 Å². The van der Waals surface area contributed by atoms with E-state index in [4.69, 9.17) is 0 Å². The zero-order valence-electron chi connectivity index (χ0n) is 19.2. The monoisotopic (exact) mass is 445 g/mol. The lowest BCUT2D eigenvalue weighted by molar-refractivity contribution is 0.365. The third-order valence-electron chi connectivity index (χ3n) is 6.01. The second-order valence-electron chi connectivity index (χ2n) is 8.76. The molecule has 1 atom stereocenters. The molecule has 1 aliphatic rings. The van der Waals surface area contributed by atoms with Crippen LogP contribution in [0.25, 0.3) is 28.2 Å². The summed E-state index contributed by atoms with van der Waals surface area (Å²) in [5.74, 6) is 1.92. The zero-order chi connectivity index (χ0) is 23.1. The Morgan fingerprint density at radius 2 is 1.97 bits per heavy atom. The van der Waals surface area contributed by atoms with Crippen molar-refractivity contribution in [3.63, 3.8) is 0 Å². The van der Waals surface area contributed by atoms with Crippen LogP contribution in [0.4, 0.5) is 5.95 Å². The van der Waals surface area contributed by atoms with Crippen LogP contribution in [0.5, 0.6) is 5.75 Å². The quantitative estimate of drug-likeness (QED) is 0.488. The van der Waals surface area contributed by atoms with Gasteiger partial charge in [0, 0.05) is 36.8 Å². The van der Waals surface area contributed by atoms with E-state index in [-0.39, 0.29) is 5.75 Å².